The number of hydrogen-bond acceptors (Lipinski definition) is 12. The van der Waals surface area contributed by atoms with Gasteiger partial charge in [-0.25, -0.2) is 0 Å². The molecular formula is C18H26ClN9O2S. The first-order chi connectivity index (χ1) is 15.2. The maximum atomic E-state index is 6.18. The van der Waals surface area contributed by atoms with Crippen LogP contribution in [-0.4, -0.2) is 95.6 Å². The average Bonchev–Trinajstić information content (AvgIpc) is 2.80. The van der Waals surface area contributed by atoms with Crippen LogP contribution in [0, 0.1) is 0 Å². The van der Waals surface area contributed by atoms with Crippen molar-refractivity contribution in [3.05, 3.63) is 5.28 Å². The molecule has 0 unspecified atom stereocenters. The summed E-state index contributed by atoms with van der Waals surface area (Å²) in [6.45, 7) is 11.2. The summed E-state index contributed by atoms with van der Waals surface area (Å²) in [5, 5.41) is 1.12. The highest BCUT2D eigenvalue weighted by atomic mass is 35.5. The summed E-state index contributed by atoms with van der Waals surface area (Å²) in [6, 6.07) is 0. The van der Waals surface area contributed by atoms with Crippen molar-refractivity contribution in [2.24, 2.45) is 0 Å². The highest BCUT2D eigenvalue weighted by molar-refractivity contribution is 7.99. The Labute approximate surface area is 190 Å². The molecule has 168 valence electrons. The molecule has 0 spiro atoms. The first kappa shape index (κ1) is 22.2. The van der Waals surface area contributed by atoms with Crippen LogP contribution in [0.25, 0.3) is 0 Å². The second-order valence-corrected chi connectivity index (χ2v) is 8.15. The topological polar surface area (TPSA) is 106 Å². The number of ether oxygens (including phenoxy) is 2. The van der Waals surface area contributed by atoms with E-state index in [4.69, 9.17) is 26.1 Å². The molecule has 2 aliphatic heterocycles. The van der Waals surface area contributed by atoms with Crippen LogP contribution in [-0.2, 0) is 9.47 Å². The summed E-state index contributed by atoms with van der Waals surface area (Å²) in [5.41, 5.74) is 0. The Balaban J connectivity index is 1.65. The molecule has 2 aliphatic rings. The Morgan fingerprint density at radius 3 is 1.81 bits per heavy atom. The zero-order valence-corrected chi connectivity index (χ0v) is 19.3. The number of halogens is 1. The fourth-order valence-electron chi connectivity index (χ4n) is 3.29. The van der Waals surface area contributed by atoms with Crippen LogP contribution in [0.5, 0.6) is 0 Å². The fourth-order valence-corrected chi connectivity index (χ4v) is 4.17. The quantitative estimate of drug-likeness (QED) is 0.587. The van der Waals surface area contributed by atoms with Crippen LogP contribution in [0.15, 0.2) is 10.3 Å². The maximum absolute atomic E-state index is 6.18. The summed E-state index contributed by atoms with van der Waals surface area (Å²) in [4.78, 5) is 33.5. The molecule has 31 heavy (non-hydrogen) atoms. The van der Waals surface area contributed by atoms with E-state index in [-0.39, 0.29) is 5.28 Å². The molecule has 2 aromatic heterocycles. The molecule has 2 fully saturated rings. The van der Waals surface area contributed by atoms with Gasteiger partial charge in [0.1, 0.15) is 0 Å². The molecular weight excluding hydrogens is 442 g/mol. The van der Waals surface area contributed by atoms with Crippen molar-refractivity contribution >= 4 is 41.2 Å². The normalized spacial score (nSPS) is 17.1. The van der Waals surface area contributed by atoms with Gasteiger partial charge in [0.2, 0.25) is 33.4 Å². The Kier molecular flexibility index (Phi) is 7.54. The predicted molar refractivity (Wildman–Crippen MR) is 118 cm³/mol. The van der Waals surface area contributed by atoms with Gasteiger partial charge in [0.15, 0.2) is 0 Å². The molecule has 2 saturated heterocycles. The SMILES string of the molecule is CCN(CC)c1nc(Cl)nc(Sc2nc(N3CCOCC3)nc(N3CCOCC3)n2)n1. The third-order valence-electron chi connectivity index (χ3n) is 4.98. The van der Waals surface area contributed by atoms with Gasteiger partial charge in [-0.2, -0.15) is 29.9 Å². The molecule has 0 radical (unpaired) electrons. The van der Waals surface area contributed by atoms with Crippen molar-refractivity contribution in [1.29, 1.82) is 0 Å². The van der Waals surface area contributed by atoms with Gasteiger partial charge in [0, 0.05) is 39.3 Å². The first-order valence-electron chi connectivity index (χ1n) is 10.4. The minimum Gasteiger partial charge on any atom is -0.378 e. The molecule has 4 heterocycles. The van der Waals surface area contributed by atoms with Crippen molar-refractivity contribution in [3.63, 3.8) is 0 Å². The number of rotatable bonds is 7. The van der Waals surface area contributed by atoms with Crippen molar-refractivity contribution < 1.29 is 9.47 Å². The molecule has 0 saturated carbocycles. The Bertz CT molecular complexity index is 841. The van der Waals surface area contributed by atoms with Crippen LogP contribution >= 0.6 is 23.4 Å². The number of hydrogen-bond donors (Lipinski definition) is 0. The smallest absolute Gasteiger partial charge is 0.231 e. The van der Waals surface area contributed by atoms with Crippen LogP contribution < -0.4 is 14.7 Å². The molecule has 0 aromatic carbocycles. The van der Waals surface area contributed by atoms with Crippen LogP contribution in [0.3, 0.4) is 0 Å². The molecule has 4 rings (SSSR count). The molecule has 0 atom stereocenters. The van der Waals surface area contributed by atoms with E-state index in [0.29, 0.717) is 54.6 Å². The second-order valence-electron chi connectivity index (χ2n) is 6.88. The Morgan fingerprint density at radius 2 is 1.29 bits per heavy atom. The van der Waals surface area contributed by atoms with Crippen LogP contribution in [0.1, 0.15) is 13.8 Å². The van der Waals surface area contributed by atoms with Gasteiger partial charge in [0.05, 0.1) is 26.4 Å². The van der Waals surface area contributed by atoms with Gasteiger partial charge < -0.3 is 24.2 Å². The standard InChI is InChI=1S/C18H26ClN9O2S/c1-3-26(4-2)14-20-13(19)21-17(23-14)31-18-24-15(27-5-9-29-10-6-27)22-16(25-18)28-7-11-30-12-8-28/h3-12H2,1-2H3. The minimum absolute atomic E-state index is 0.148. The Hall–Kier alpha value is -2.02. The molecule has 0 amide bonds. The van der Waals surface area contributed by atoms with E-state index in [1.165, 1.54) is 11.8 Å². The van der Waals surface area contributed by atoms with Crippen molar-refractivity contribution in [2.75, 3.05) is 80.4 Å². The van der Waals surface area contributed by atoms with E-state index < -0.39 is 0 Å². The van der Waals surface area contributed by atoms with Crippen LogP contribution in [0.2, 0.25) is 5.28 Å². The third-order valence-corrected chi connectivity index (χ3v) is 5.88. The van der Waals surface area contributed by atoms with E-state index in [0.717, 1.165) is 39.3 Å². The summed E-state index contributed by atoms with van der Waals surface area (Å²) in [7, 11) is 0. The zero-order chi connectivity index (χ0) is 21.6. The predicted octanol–water partition coefficient (Wildman–Crippen LogP) is 1.38. The monoisotopic (exact) mass is 467 g/mol. The van der Waals surface area contributed by atoms with Crippen molar-refractivity contribution in [3.8, 4) is 0 Å². The molecule has 11 nitrogen and oxygen atoms in total. The average molecular weight is 468 g/mol. The van der Waals surface area contributed by atoms with Crippen molar-refractivity contribution in [1.82, 2.24) is 29.9 Å². The second kappa shape index (κ2) is 10.5. The van der Waals surface area contributed by atoms with E-state index in [1.807, 2.05) is 18.7 Å². The van der Waals surface area contributed by atoms with Gasteiger partial charge in [-0.15, -0.1) is 0 Å². The molecule has 0 bridgehead atoms. The summed E-state index contributed by atoms with van der Waals surface area (Å²) >= 11 is 7.44. The lowest BCUT2D eigenvalue weighted by atomic mass is 10.4. The first-order valence-corrected chi connectivity index (χ1v) is 11.6. The lowest BCUT2D eigenvalue weighted by Gasteiger charge is -2.30. The molecule has 2 aromatic rings. The van der Waals surface area contributed by atoms with Gasteiger partial charge >= 0.3 is 0 Å². The maximum Gasteiger partial charge on any atom is 0.231 e. The van der Waals surface area contributed by atoms with Crippen molar-refractivity contribution in [2.45, 2.75) is 24.2 Å². The number of anilines is 3. The van der Waals surface area contributed by atoms with Gasteiger partial charge in [-0.3, -0.25) is 0 Å². The number of nitrogens with zero attached hydrogens (tertiary/aromatic N) is 9. The highest BCUT2D eigenvalue weighted by Gasteiger charge is 2.22. The highest BCUT2D eigenvalue weighted by Crippen LogP contribution is 2.27. The summed E-state index contributed by atoms with van der Waals surface area (Å²) < 4.78 is 10.9. The van der Waals surface area contributed by atoms with E-state index >= 15 is 0 Å². The number of aromatic nitrogens is 6. The zero-order valence-electron chi connectivity index (χ0n) is 17.7. The lowest BCUT2D eigenvalue weighted by Crippen LogP contribution is -2.40. The van der Waals surface area contributed by atoms with Gasteiger partial charge in [-0.1, -0.05) is 0 Å². The van der Waals surface area contributed by atoms with E-state index in [9.17, 15) is 0 Å². The molecule has 0 N–H and O–H groups in total. The van der Waals surface area contributed by atoms with Gasteiger partial charge in [0.25, 0.3) is 0 Å². The van der Waals surface area contributed by atoms with E-state index in [1.54, 1.807) is 0 Å². The summed E-state index contributed by atoms with van der Waals surface area (Å²) in [6.07, 6.45) is 0. The minimum atomic E-state index is 0.148. The Morgan fingerprint density at radius 1 is 0.774 bits per heavy atom. The fraction of sp³-hybridized carbons (Fsp3) is 0.667. The summed E-state index contributed by atoms with van der Waals surface area (Å²) in [5.74, 6) is 1.81. The largest absolute Gasteiger partial charge is 0.378 e. The lowest BCUT2D eigenvalue weighted by molar-refractivity contribution is 0.121. The molecule has 13 heteroatoms. The van der Waals surface area contributed by atoms with Gasteiger partial charge in [-0.05, 0) is 37.2 Å². The molecule has 0 aliphatic carbocycles. The van der Waals surface area contributed by atoms with E-state index in [2.05, 4.69) is 34.7 Å². The third kappa shape index (κ3) is 5.62. The van der Waals surface area contributed by atoms with Crippen LogP contribution in [0.4, 0.5) is 17.8 Å². The number of morpholine rings is 2.